The van der Waals surface area contributed by atoms with Crippen LogP contribution in [-0.2, 0) is 0 Å². The highest BCUT2D eigenvalue weighted by Gasteiger charge is 2.20. The van der Waals surface area contributed by atoms with Gasteiger partial charge in [0.05, 0.1) is 0 Å². The molecule has 1 aliphatic rings. The average Bonchev–Trinajstić information content (AvgIpc) is 2.63. The SMILES string of the molecule is O=C(NC(=S)N1CCN(c2ccc(F)cc2)CC1)c1ccccc1. The van der Waals surface area contributed by atoms with E-state index in [1.165, 1.54) is 12.1 Å². The maximum Gasteiger partial charge on any atom is 0.257 e. The van der Waals surface area contributed by atoms with Crippen molar-refractivity contribution in [2.75, 3.05) is 31.1 Å². The van der Waals surface area contributed by atoms with Gasteiger partial charge in [0.2, 0.25) is 0 Å². The number of piperazine rings is 1. The molecule has 0 radical (unpaired) electrons. The minimum Gasteiger partial charge on any atom is -0.368 e. The van der Waals surface area contributed by atoms with Gasteiger partial charge in [-0.2, -0.15) is 0 Å². The highest BCUT2D eigenvalue weighted by Crippen LogP contribution is 2.17. The molecule has 0 bridgehead atoms. The van der Waals surface area contributed by atoms with Gasteiger partial charge in [-0.05, 0) is 48.6 Å². The van der Waals surface area contributed by atoms with Gasteiger partial charge in [-0.3, -0.25) is 10.1 Å². The molecule has 124 valence electrons. The minimum atomic E-state index is -0.234. The molecule has 24 heavy (non-hydrogen) atoms. The highest BCUT2D eigenvalue weighted by molar-refractivity contribution is 7.80. The lowest BCUT2D eigenvalue weighted by atomic mass is 10.2. The first kappa shape index (κ1) is 16.4. The number of benzene rings is 2. The molecule has 1 heterocycles. The number of rotatable bonds is 2. The maximum absolute atomic E-state index is 13.0. The van der Waals surface area contributed by atoms with Crippen molar-refractivity contribution in [2.45, 2.75) is 0 Å². The topological polar surface area (TPSA) is 35.6 Å². The second-order valence-electron chi connectivity index (χ2n) is 5.58. The molecule has 4 nitrogen and oxygen atoms in total. The molecule has 1 fully saturated rings. The van der Waals surface area contributed by atoms with E-state index in [0.717, 1.165) is 18.8 Å². The van der Waals surface area contributed by atoms with Crippen LogP contribution in [0.25, 0.3) is 0 Å². The van der Waals surface area contributed by atoms with Crippen LogP contribution in [-0.4, -0.2) is 42.1 Å². The number of carbonyl (C=O) groups is 1. The molecule has 0 unspecified atom stereocenters. The monoisotopic (exact) mass is 343 g/mol. The Morgan fingerprint density at radius 3 is 2.21 bits per heavy atom. The van der Waals surface area contributed by atoms with Crippen LogP contribution in [0.4, 0.5) is 10.1 Å². The zero-order valence-electron chi connectivity index (χ0n) is 13.1. The fourth-order valence-corrected chi connectivity index (χ4v) is 2.93. The number of carbonyl (C=O) groups excluding carboxylic acids is 1. The zero-order chi connectivity index (χ0) is 16.9. The third kappa shape index (κ3) is 3.89. The molecular formula is C18H18FN3OS. The van der Waals surface area contributed by atoms with E-state index in [9.17, 15) is 9.18 Å². The number of anilines is 1. The van der Waals surface area contributed by atoms with Crippen LogP contribution in [0.5, 0.6) is 0 Å². The first-order valence-electron chi connectivity index (χ1n) is 7.79. The average molecular weight is 343 g/mol. The smallest absolute Gasteiger partial charge is 0.257 e. The van der Waals surface area contributed by atoms with Crippen molar-refractivity contribution >= 4 is 28.9 Å². The Bertz CT molecular complexity index is 713. The van der Waals surface area contributed by atoms with Crippen molar-refractivity contribution in [1.82, 2.24) is 10.2 Å². The van der Waals surface area contributed by atoms with Crippen LogP contribution in [0.15, 0.2) is 54.6 Å². The van der Waals surface area contributed by atoms with Crippen LogP contribution in [0.3, 0.4) is 0 Å². The Morgan fingerprint density at radius 1 is 0.958 bits per heavy atom. The van der Waals surface area contributed by atoms with E-state index in [-0.39, 0.29) is 11.7 Å². The summed E-state index contributed by atoms with van der Waals surface area (Å²) < 4.78 is 13.0. The van der Waals surface area contributed by atoms with Gasteiger partial charge in [0, 0.05) is 37.4 Å². The second-order valence-corrected chi connectivity index (χ2v) is 5.96. The van der Waals surface area contributed by atoms with E-state index in [1.807, 2.05) is 23.1 Å². The van der Waals surface area contributed by atoms with Gasteiger partial charge < -0.3 is 9.80 Å². The van der Waals surface area contributed by atoms with Gasteiger partial charge in [-0.15, -0.1) is 0 Å². The Balaban J connectivity index is 1.53. The number of nitrogens with one attached hydrogen (secondary N) is 1. The summed E-state index contributed by atoms with van der Waals surface area (Å²) in [5.74, 6) is -0.427. The van der Waals surface area contributed by atoms with Crippen molar-refractivity contribution in [2.24, 2.45) is 0 Å². The summed E-state index contributed by atoms with van der Waals surface area (Å²) in [6, 6.07) is 15.5. The normalized spacial score (nSPS) is 14.4. The van der Waals surface area contributed by atoms with E-state index in [4.69, 9.17) is 12.2 Å². The van der Waals surface area contributed by atoms with Crippen LogP contribution < -0.4 is 10.2 Å². The van der Waals surface area contributed by atoms with E-state index >= 15 is 0 Å². The number of hydrogen-bond acceptors (Lipinski definition) is 3. The van der Waals surface area contributed by atoms with E-state index in [1.54, 1.807) is 24.3 Å². The molecule has 0 saturated carbocycles. The van der Waals surface area contributed by atoms with Gasteiger partial charge in [0.25, 0.3) is 5.91 Å². The summed E-state index contributed by atoms with van der Waals surface area (Å²) >= 11 is 5.35. The summed E-state index contributed by atoms with van der Waals surface area (Å²) in [5, 5.41) is 3.23. The second kappa shape index (κ2) is 7.40. The van der Waals surface area contributed by atoms with Crippen LogP contribution >= 0.6 is 12.2 Å². The van der Waals surface area contributed by atoms with Gasteiger partial charge in [0.1, 0.15) is 5.82 Å². The van der Waals surface area contributed by atoms with Gasteiger partial charge >= 0.3 is 0 Å². The summed E-state index contributed by atoms with van der Waals surface area (Å²) in [4.78, 5) is 16.3. The molecule has 1 amide bonds. The number of halogens is 1. The van der Waals surface area contributed by atoms with Crippen LogP contribution in [0.2, 0.25) is 0 Å². The van der Waals surface area contributed by atoms with Crippen LogP contribution in [0.1, 0.15) is 10.4 Å². The number of amides is 1. The van der Waals surface area contributed by atoms with Crippen molar-refractivity contribution < 1.29 is 9.18 Å². The molecule has 1 N–H and O–H groups in total. The largest absolute Gasteiger partial charge is 0.368 e. The molecule has 0 aromatic heterocycles. The van der Waals surface area contributed by atoms with Gasteiger partial charge in [-0.1, -0.05) is 18.2 Å². The summed E-state index contributed by atoms with van der Waals surface area (Å²) in [6.07, 6.45) is 0. The number of nitrogens with zero attached hydrogens (tertiary/aromatic N) is 2. The third-order valence-corrected chi connectivity index (χ3v) is 4.38. The molecule has 0 atom stereocenters. The predicted octanol–water partition coefficient (Wildman–Crippen LogP) is 2.66. The Hall–Kier alpha value is -2.47. The lowest BCUT2D eigenvalue weighted by Crippen LogP contribution is -2.52. The molecule has 2 aromatic carbocycles. The van der Waals surface area contributed by atoms with Crippen molar-refractivity contribution in [3.05, 3.63) is 66.0 Å². The van der Waals surface area contributed by atoms with Gasteiger partial charge in [0.15, 0.2) is 5.11 Å². The molecular weight excluding hydrogens is 325 g/mol. The van der Waals surface area contributed by atoms with E-state index < -0.39 is 0 Å². The van der Waals surface area contributed by atoms with Gasteiger partial charge in [-0.25, -0.2) is 4.39 Å². The van der Waals surface area contributed by atoms with E-state index in [0.29, 0.717) is 23.8 Å². The molecule has 1 saturated heterocycles. The molecule has 1 aliphatic heterocycles. The molecule has 6 heteroatoms. The Labute approximate surface area is 145 Å². The van der Waals surface area contributed by atoms with Crippen molar-refractivity contribution in [3.63, 3.8) is 0 Å². The summed E-state index contributed by atoms with van der Waals surface area (Å²) in [5.41, 5.74) is 1.58. The fraction of sp³-hybridized carbons (Fsp3) is 0.222. The van der Waals surface area contributed by atoms with Crippen molar-refractivity contribution in [3.8, 4) is 0 Å². The third-order valence-electron chi connectivity index (χ3n) is 4.02. The highest BCUT2D eigenvalue weighted by atomic mass is 32.1. The van der Waals surface area contributed by atoms with Crippen LogP contribution in [0, 0.1) is 5.82 Å². The minimum absolute atomic E-state index is 0.193. The zero-order valence-corrected chi connectivity index (χ0v) is 13.9. The molecule has 3 rings (SSSR count). The van der Waals surface area contributed by atoms with E-state index in [2.05, 4.69) is 10.2 Å². The Kier molecular flexibility index (Phi) is 5.05. The first-order chi connectivity index (χ1) is 11.6. The first-order valence-corrected chi connectivity index (χ1v) is 8.20. The summed E-state index contributed by atoms with van der Waals surface area (Å²) in [7, 11) is 0. The standard InChI is InChI=1S/C18H18FN3OS/c19-15-6-8-16(9-7-15)21-10-12-22(13-11-21)18(24)20-17(23)14-4-2-1-3-5-14/h1-9H,10-13H2,(H,20,23,24). The summed E-state index contributed by atoms with van der Waals surface area (Å²) in [6.45, 7) is 2.97. The molecule has 0 aliphatic carbocycles. The fourth-order valence-electron chi connectivity index (χ4n) is 2.66. The van der Waals surface area contributed by atoms with Crippen molar-refractivity contribution in [1.29, 1.82) is 0 Å². The lowest BCUT2D eigenvalue weighted by molar-refractivity contribution is 0.0973. The Morgan fingerprint density at radius 2 is 1.58 bits per heavy atom. The number of thiocarbonyl (C=S) groups is 1. The maximum atomic E-state index is 13.0. The predicted molar refractivity (Wildman–Crippen MR) is 96.7 cm³/mol. The lowest BCUT2D eigenvalue weighted by Gasteiger charge is -2.37. The molecule has 0 spiro atoms. The molecule has 2 aromatic rings. The quantitative estimate of drug-likeness (QED) is 0.851. The number of hydrogen-bond donors (Lipinski definition) is 1.